The third-order valence-corrected chi connectivity index (χ3v) is 7.55. The van der Waals surface area contributed by atoms with Gasteiger partial charge in [0, 0.05) is 30.3 Å². The fourth-order valence-corrected chi connectivity index (χ4v) is 6.25. The lowest BCUT2D eigenvalue weighted by atomic mass is 10.2. The first-order valence-corrected chi connectivity index (χ1v) is 11.0. The van der Waals surface area contributed by atoms with Crippen molar-refractivity contribution in [2.45, 2.75) is 18.7 Å². The molecule has 1 aliphatic rings. The number of carbonyl (C=O) groups excluding carboxylic acids is 1. The maximum atomic E-state index is 13.1. The molecule has 0 spiro atoms. The molecule has 0 saturated carbocycles. The topological polar surface area (TPSA) is 36.4 Å². The van der Waals surface area contributed by atoms with E-state index >= 15 is 0 Å². The van der Waals surface area contributed by atoms with Gasteiger partial charge in [-0.25, -0.2) is 4.98 Å². The zero-order valence-corrected chi connectivity index (χ0v) is 16.6. The van der Waals surface area contributed by atoms with Crippen LogP contribution in [0.2, 0.25) is 0 Å². The molecule has 0 saturated heterocycles. The van der Waals surface area contributed by atoms with Crippen LogP contribution < -0.4 is 9.80 Å². The molecule has 4 rings (SSSR count). The normalized spacial score (nSPS) is 13.9. The van der Waals surface area contributed by atoms with Crippen molar-refractivity contribution in [1.29, 1.82) is 0 Å². The van der Waals surface area contributed by atoms with Gasteiger partial charge in [-0.05, 0) is 32.0 Å². The minimum Gasteiger partial charge on any atom is -0.349 e. The lowest BCUT2D eigenvalue weighted by Gasteiger charge is -2.28. The summed E-state index contributed by atoms with van der Waals surface area (Å²) < 4.78 is 1.11. The van der Waals surface area contributed by atoms with Crippen LogP contribution in [-0.4, -0.2) is 36.3 Å². The SMILES string of the molecule is CCN(CC)c1nc2sc(C(=O)N3CCSc4ccccc43)cc2s1. The number of amides is 1. The minimum atomic E-state index is 0.0901. The molecule has 4 nitrogen and oxygen atoms in total. The van der Waals surface area contributed by atoms with Gasteiger partial charge in [-0.15, -0.1) is 23.1 Å². The van der Waals surface area contributed by atoms with Gasteiger partial charge in [0.25, 0.3) is 5.91 Å². The number of fused-ring (bicyclic) bond motifs is 2. The summed E-state index contributed by atoms with van der Waals surface area (Å²) in [5.74, 6) is 1.03. The smallest absolute Gasteiger partial charge is 0.268 e. The van der Waals surface area contributed by atoms with Crippen molar-refractivity contribution in [2.75, 3.05) is 35.2 Å². The first kappa shape index (κ1) is 16.9. The van der Waals surface area contributed by atoms with E-state index in [9.17, 15) is 4.79 Å². The Kier molecular flexibility index (Phi) is 4.71. The van der Waals surface area contributed by atoms with E-state index < -0.39 is 0 Å². The van der Waals surface area contributed by atoms with Crippen molar-refractivity contribution in [1.82, 2.24) is 4.98 Å². The van der Waals surface area contributed by atoms with E-state index in [0.29, 0.717) is 0 Å². The van der Waals surface area contributed by atoms with E-state index in [1.807, 2.05) is 40.9 Å². The van der Waals surface area contributed by atoms with Crippen LogP contribution in [0, 0.1) is 0 Å². The second kappa shape index (κ2) is 6.97. The van der Waals surface area contributed by atoms with Crippen molar-refractivity contribution in [3.63, 3.8) is 0 Å². The zero-order valence-electron chi connectivity index (χ0n) is 14.2. The van der Waals surface area contributed by atoms with Crippen molar-refractivity contribution in [3.8, 4) is 0 Å². The molecule has 0 N–H and O–H groups in total. The van der Waals surface area contributed by atoms with Gasteiger partial charge in [0.05, 0.1) is 15.3 Å². The first-order chi connectivity index (χ1) is 12.2. The Morgan fingerprint density at radius 3 is 2.80 bits per heavy atom. The Morgan fingerprint density at radius 2 is 2.04 bits per heavy atom. The molecule has 0 radical (unpaired) electrons. The van der Waals surface area contributed by atoms with Crippen LogP contribution in [0.1, 0.15) is 23.5 Å². The van der Waals surface area contributed by atoms with Gasteiger partial charge >= 0.3 is 0 Å². The number of anilines is 2. The number of para-hydroxylation sites is 1. The largest absolute Gasteiger partial charge is 0.349 e. The monoisotopic (exact) mass is 389 g/mol. The number of hydrogen-bond acceptors (Lipinski definition) is 6. The summed E-state index contributed by atoms with van der Waals surface area (Å²) in [4.78, 5) is 24.9. The average molecular weight is 390 g/mol. The molecule has 0 aliphatic carbocycles. The number of thioether (sulfide) groups is 1. The molecular formula is C18H19N3OS3. The summed E-state index contributed by atoms with van der Waals surface area (Å²) in [5, 5.41) is 1.05. The fraction of sp³-hybridized carbons (Fsp3) is 0.333. The summed E-state index contributed by atoms with van der Waals surface area (Å²) in [7, 11) is 0. The number of aromatic nitrogens is 1. The van der Waals surface area contributed by atoms with Gasteiger partial charge in [-0.3, -0.25) is 4.79 Å². The molecule has 3 heterocycles. The van der Waals surface area contributed by atoms with E-state index in [1.165, 1.54) is 16.2 Å². The van der Waals surface area contributed by atoms with Crippen LogP contribution in [0.4, 0.5) is 10.8 Å². The molecule has 1 amide bonds. The lowest BCUT2D eigenvalue weighted by molar-refractivity contribution is 0.0991. The van der Waals surface area contributed by atoms with Crippen LogP contribution in [0.5, 0.6) is 0 Å². The van der Waals surface area contributed by atoms with E-state index in [4.69, 9.17) is 4.98 Å². The quantitative estimate of drug-likeness (QED) is 0.632. The van der Waals surface area contributed by atoms with Crippen LogP contribution in [0.15, 0.2) is 35.2 Å². The number of nitrogens with zero attached hydrogens (tertiary/aromatic N) is 3. The standard InChI is InChI=1S/C18H19N3OS3/c1-3-20(4-2)18-19-16-14(25-18)11-15(24-16)17(22)21-9-10-23-13-8-6-5-7-12(13)21/h5-8,11H,3-4,9-10H2,1-2H3. The van der Waals surface area contributed by atoms with E-state index in [0.717, 1.165) is 50.6 Å². The van der Waals surface area contributed by atoms with Gasteiger partial charge in [-0.1, -0.05) is 23.5 Å². The molecule has 0 fully saturated rings. The van der Waals surface area contributed by atoms with Gasteiger partial charge in [0.1, 0.15) is 4.83 Å². The predicted molar refractivity (Wildman–Crippen MR) is 110 cm³/mol. The summed E-state index contributed by atoms with van der Waals surface area (Å²) in [6, 6.07) is 10.2. The van der Waals surface area contributed by atoms with Gasteiger partial charge in [-0.2, -0.15) is 0 Å². The molecule has 0 atom stereocenters. The number of carbonyl (C=O) groups is 1. The summed E-state index contributed by atoms with van der Waals surface area (Å²) in [6.07, 6.45) is 0. The molecule has 7 heteroatoms. The molecule has 3 aromatic rings. The Labute approximate surface area is 159 Å². The molecule has 130 valence electrons. The van der Waals surface area contributed by atoms with Crippen LogP contribution in [-0.2, 0) is 0 Å². The van der Waals surface area contributed by atoms with E-state index in [1.54, 1.807) is 11.3 Å². The van der Waals surface area contributed by atoms with Gasteiger partial charge in [0.15, 0.2) is 5.13 Å². The Hall–Kier alpha value is -1.57. The highest BCUT2D eigenvalue weighted by atomic mass is 32.2. The Morgan fingerprint density at radius 1 is 1.24 bits per heavy atom. The molecule has 1 aliphatic heterocycles. The van der Waals surface area contributed by atoms with Crippen LogP contribution in [0.25, 0.3) is 9.53 Å². The number of benzene rings is 1. The highest BCUT2D eigenvalue weighted by Gasteiger charge is 2.26. The van der Waals surface area contributed by atoms with Crippen molar-refractivity contribution < 1.29 is 4.79 Å². The summed E-state index contributed by atoms with van der Waals surface area (Å²) in [5.41, 5.74) is 1.03. The van der Waals surface area contributed by atoms with Gasteiger partial charge in [0.2, 0.25) is 0 Å². The Balaban J connectivity index is 1.64. The first-order valence-electron chi connectivity index (χ1n) is 8.40. The average Bonchev–Trinajstić information content (AvgIpc) is 3.21. The predicted octanol–water partition coefficient (Wildman–Crippen LogP) is 4.96. The van der Waals surface area contributed by atoms with Crippen LogP contribution >= 0.6 is 34.4 Å². The highest BCUT2D eigenvalue weighted by molar-refractivity contribution is 7.99. The molecule has 0 unspecified atom stereocenters. The number of thiazole rings is 1. The minimum absolute atomic E-state index is 0.0901. The molecule has 25 heavy (non-hydrogen) atoms. The molecule has 2 aromatic heterocycles. The number of rotatable bonds is 4. The van der Waals surface area contributed by atoms with Crippen molar-refractivity contribution in [2.24, 2.45) is 0 Å². The van der Waals surface area contributed by atoms with Crippen molar-refractivity contribution in [3.05, 3.63) is 35.2 Å². The maximum absolute atomic E-state index is 13.1. The van der Waals surface area contributed by atoms with E-state index in [-0.39, 0.29) is 5.91 Å². The molecule has 1 aromatic carbocycles. The molecular weight excluding hydrogens is 370 g/mol. The van der Waals surface area contributed by atoms with Gasteiger partial charge < -0.3 is 9.80 Å². The third kappa shape index (κ3) is 3.05. The van der Waals surface area contributed by atoms with Crippen LogP contribution in [0.3, 0.4) is 0 Å². The zero-order chi connectivity index (χ0) is 17.4. The second-order valence-corrected chi connectivity index (χ2v) is 8.90. The lowest BCUT2D eigenvalue weighted by Crippen LogP contribution is -2.34. The summed E-state index contributed by atoms with van der Waals surface area (Å²) >= 11 is 5.00. The fourth-order valence-electron chi connectivity index (χ4n) is 2.97. The second-order valence-electron chi connectivity index (χ2n) is 5.72. The molecule has 0 bridgehead atoms. The van der Waals surface area contributed by atoms with E-state index in [2.05, 4.69) is 24.8 Å². The highest BCUT2D eigenvalue weighted by Crippen LogP contribution is 2.38. The Bertz CT molecular complexity index is 882. The number of thiophene rings is 1. The maximum Gasteiger partial charge on any atom is 0.268 e. The third-order valence-electron chi connectivity index (χ3n) is 4.30. The number of hydrogen-bond donors (Lipinski definition) is 0. The van der Waals surface area contributed by atoms with Crippen molar-refractivity contribution >= 4 is 60.7 Å². The summed E-state index contributed by atoms with van der Waals surface area (Å²) in [6.45, 7) is 6.93.